The fraction of sp³-hybridized carbons (Fsp3) is 0.556. The molecule has 0 aliphatic heterocycles. The van der Waals surface area contributed by atoms with Crippen molar-refractivity contribution >= 4 is 46.1 Å². The second kappa shape index (κ2) is 28.9. The zero-order valence-electron chi connectivity index (χ0n) is 46.7. The summed E-state index contributed by atoms with van der Waals surface area (Å²) < 4.78 is 169. The molecule has 6 aromatic rings. The van der Waals surface area contributed by atoms with Crippen LogP contribution in [-0.4, -0.2) is 92.7 Å². The van der Waals surface area contributed by atoms with Gasteiger partial charge >= 0.3 is 24.7 Å². The van der Waals surface area contributed by atoms with Gasteiger partial charge in [0.1, 0.15) is 23.1 Å². The number of halogens is 13. The third kappa shape index (κ3) is 19.0. The van der Waals surface area contributed by atoms with Gasteiger partial charge in [-0.3, -0.25) is 0 Å². The number of aromatic nitrogens is 10. The second-order valence-electron chi connectivity index (χ2n) is 20.1. The summed E-state index contributed by atoms with van der Waals surface area (Å²) in [5.74, 6) is 2.64. The van der Waals surface area contributed by atoms with Crippen molar-refractivity contribution in [3.8, 4) is 11.5 Å². The van der Waals surface area contributed by atoms with E-state index in [0.29, 0.717) is 84.3 Å². The molecule has 29 heteroatoms. The Morgan fingerprint density at radius 2 is 0.892 bits per heavy atom. The summed E-state index contributed by atoms with van der Waals surface area (Å²) in [6.45, 7) is 10.4. The summed E-state index contributed by atoms with van der Waals surface area (Å²) in [5, 5.41) is 34.1. The van der Waals surface area contributed by atoms with Crippen molar-refractivity contribution in [1.29, 1.82) is 0 Å². The number of tetrazole rings is 2. The Morgan fingerprint density at radius 3 is 1.22 bits per heavy atom. The zero-order valence-corrected chi connectivity index (χ0v) is 48.8. The Bertz CT molecular complexity index is 2930. The molecule has 4 aromatic heterocycles. The van der Waals surface area contributed by atoms with Crippen molar-refractivity contribution < 1.29 is 62.5 Å². The molecule has 0 bridgehead atoms. The van der Waals surface area contributed by atoms with Crippen molar-refractivity contribution in [2.75, 3.05) is 56.8 Å². The number of hydrogen-bond acceptors (Lipinski definition) is 14. The van der Waals surface area contributed by atoms with Gasteiger partial charge in [0.2, 0.25) is 0 Å². The Labute approximate surface area is 486 Å². The molecule has 2 aliphatic rings. The summed E-state index contributed by atoms with van der Waals surface area (Å²) in [7, 11) is 3.01. The zero-order chi connectivity index (χ0) is 60.9. The van der Waals surface area contributed by atoms with E-state index in [1.807, 2.05) is 20.8 Å². The van der Waals surface area contributed by atoms with Crippen LogP contribution in [0, 0.1) is 11.8 Å². The highest BCUT2D eigenvalue weighted by atomic mass is 127. The van der Waals surface area contributed by atoms with Crippen molar-refractivity contribution in [2.24, 2.45) is 25.9 Å². The number of pyridine rings is 2. The lowest BCUT2D eigenvalue weighted by molar-refractivity contribution is -0.144. The van der Waals surface area contributed by atoms with E-state index in [0.717, 1.165) is 56.4 Å². The average Bonchev–Trinajstić information content (AvgIpc) is 4.43. The number of aromatic hydroxyl groups is 1. The van der Waals surface area contributed by atoms with Gasteiger partial charge in [-0.2, -0.15) is 62.3 Å². The van der Waals surface area contributed by atoms with Gasteiger partial charge in [0.05, 0.1) is 68.4 Å². The molecule has 0 saturated heterocycles. The van der Waals surface area contributed by atoms with Crippen LogP contribution in [0.5, 0.6) is 11.5 Å². The molecular weight excluding hydrogens is 1230 g/mol. The maximum Gasteiger partial charge on any atom is 0.416 e. The van der Waals surface area contributed by atoms with Crippen LogP contribution in [0.3, 0.4) is 0 Å². The standard InChI is InChI=1S/C27H33F6N7O.C25H29F6N7O.C2H5I/c1-4-39(15-18-8-6-7-9-18)24-20(12-23(14-34-24)41-5-2)17-40(25-35-37-38(3)36-25)16-19-10-21(26(28,29)30)13-22(11-19)27(31,32)33;1-3-37(13-16-6-4-5-7-16)22-18(10-21(39)12-32-22)15-38(23-33-35-36(2)34-23)14-17-8-19(24(26,27)28)11-20(9-17)25(29,30)31;1-2-3/h10-14,18H,4-9,15-17H2,1-3H3;8-12,16,39H,3-7,13-15H2,1-2H3;2H2,1H3. The van der Waals surface area contributed by atoms with E-state index in [9.17, 15) is 57.8 Å². The fourth-order valence-corrected chi connectivity index (χ4v) is 10.0. The lowest BCUT2D eigenvalue weighted by atomic mass is 10.0. The Kier molecular flexibility index (Phi) is 22.9. The van der Waals surface area contributed by atoms with Gasteiger partial charge in [0.15, 0.2) is 0 Å². The molecule has 8 rings (SSSR count). The van der Waals surface area contributed by atoms with E-state index < -0.39 is 47.0 Å². The minimum atomic E-state index is -4.98. The van der Waals surface area contributed by atoms with Gasteiger partial charge in [-0.05, 0) is 133 Å². The monoisotopic (exact) mass is 1300 g/mol. The first-order valence-corrected chi connectivity index (χ1v) is 28.5. The molecule has 2 fully saturated rings. The molecule has 456 valence electrons. The van der Waals surface area contributed by atoms with Crippen molar-refractivity contribution in [2.45, 2.75) is 130 Å². The van der Waals surface area contributed by atoms with Gasteiger partial charge in [-0.1, -0.05) is 65.4 Å². The molecule has 2 aromatic carbocycles. The molecular formula is C54H67F12IN14O2. The summed E-state index contributed by atoms with van der Waals surface area (Å²) in [6, 6.07) is 6.27. The van der Waals surface area contributed by atoms with E-state index in [1.54, 1.807) is 12.3 Å². The largest absolute Gasteiger partial charge is 0.506 e. The highest BCUT2D eigenvalue weighted by molar-refractivity contribution is 14.1. The Hall–Kier alpha value is -6.43. The third-order valence-corrected chi connectivity index (χ3v) is 13.8. The number of ether oxygens (including phenoxy) is 1. The predicted octanol–water partition coefficient (Wildman–Crippen LogP) is 13.3. The first-order valence-electron chi connectivity index (χ1n) is 27.0. The van der Waals surface area contributed by atoms with Crippen molar-refractivity contribution in [1.82, 2.24) is 50.4 Å². The first kappa shape index (κ1) is 65.7. The molecule has 0 unspecified atom stereocenters. The number of aryl methyl sites for hydroxylation is 2. The summed E-state index contributed by atoms with van der Waals surface area (Å²) in [6.07, 6.45) is -7.86. The molecule has 16 nitrogen and oxygen atoms in total. The van der Waals surface area contributed by atoms with Gasteiger partial charge in [0.25, 0.3) is 11.9 Å². The Balaban J connectivity index is 0.000000255. The lowest BCUT2D eigenvalue weighted by Crippen LogP contribution is -2.32. The quantitative estimate of drug-likeness (QED) is 0.0438. The number of nitrogens with zero attached hydrogens (tertiary/aromatic N) is 14. The van der Waals surface area contributed by atoms with E-state index in [4.69, 9.17) is 4.74 Å². The topological polar surface area (TPSA) is 155 Å². The molecule has 0 radical (unpaired) electrons. The number of benzene rings is 2. The number of anilines is 4. The summed E-state index contributed by atoms with van der Waals surface area (Å²) in [5.41, 5.74) is -4.84. The molecule has 0 spiro atoms. The molecule has 1 N–H and O–H groups in total. The number of alkyl halides is 13. The van der Waals surface area contributed by atoms with Crippen LogP contribution in [0.1, 0.15) is 124 Å². The molecule has 0 amide bonds. The van der Waals surface area contributed by atoms with E-state index in [-0.39, 0.29) is 67.1 Å². The average molecular weight is 1300 g/mol. The minimum Gasteiger partial charge on any atom is -0.506 e. The third-order valence-electron chi connectivity index (χ3n) is 13.8. The van der Waals surface area contributed by atoms with E-state index in [2.05, 4.69) is 80.1 Å². The summed E-state index contributed by atoms with van der Waals surface area (Å²) in [4.78, 5) is 18.5. The molecule has 0 atom stereocenters. The van der Waals surface area contributed by atoms with Gasteiger partial charge in [-0.15, -0.1) is 10.2 Å². The summed E-state index contributed by atoms with van der Waals surface area (Å²) >= 11 is 2.29. The fourth-order valence-electron chi connectivity index (χ4n) is 10.0. The number of hydrogen-bond donors (Lipinski definition) is 1. The molecule has 83 heavy (non-hydrogen) atoms. The molecule has 2 saturated carbocycles. The van der Waals surface area contributed by atoms with Gasteiger partial charge in [0, 0.05) is 50.4 Å². The highest BCUT2D eigenvalue weighted by Gasteiger charge is 2.39. The number of rotatable bonds is 20. The van der Waals surface area contributed by atoms with Crippen LogP contribution in [0.4, 0.5) is 76.2 Å². The van der Waals surface area contributed by atoms with Crippen LogP contribution in [-0.2, 0) is 65.0 Å². The molecule has 4 heterocycles. The van der Waals surface area contributed by atoms with Crippen molar-refractivity contribution in [3.63, 3.8) is 0 Å². The van der Waals surface area contributed by atoms with Crippen molar-refractivity contribution in [3.05, 3.63) is 105 Å². The normalized spacial score (nSPS) is 14.3. The maximum absolute atomic E-state index is 13.6. The molecule has 2 aliphatic carbocycles. The lowest BCUT2D eigenvalue weighted by Gasteiger charge is -2.29. The van der Waals surface area contributed by atoms with Crippen LogP contribution in [0.15, 0.2) is 60.9 Å². The Morgan fingerprint density at radius 1 is 0.530 bits per heavy atom. The van der Waals surface area contributed by atoms with Crippen LogP contribution >= 0.6 is 22.6 Å². The predicted molar refractivity (Wildman–Crippen MR) is 296 cm³/mol. The van der Waals surface area contributed by atoms with Gasteiger partial charge in [-0.25, -0.2) is 9.97 Å². The van der Waals surface area contributed by atoms with E-state index in [1.165, 1.54) is 58.2 Å². The highest BCUT2D eigenvalue weighted by Crippen LogP contribution is 2.40. The van der Waals surface area contributed by atoms with Crippen LogP contribution < -0.4 is 24.3 Å². The first-order chi connectivity index (χ1) is 39.1. The van der Waals surface area contributed by atoms with Gasteiger partial charge < -0.3 is 29.4 Å². The smallest absolute Gasteiger partial charge is 0.416 e. The van der Waals surface area contributed by atoms with Crippen LogP contribution in [0.2, 0.25) is 0 Å². The van der Waals surface area contributed by atoms with E-state index >= 15 is 0 Å². The second-order valence-corrected chi connectivity index (χ2v) is 21.6. The SMILES string of the molecule is CCI.CCN(CC1CCCC1)c1ncc(O)cc1CN(Cc1cc(C(F)(F)F)cc(C(F)(F)F)c1)c1nnn(C)n1.CCOc1cnc(N(CC)CC2CCCC2)c(CN(Cc2cc(C(F)(F)F)cc(C(F)(F)F)c2)c2nnn(C)n2)c1. The maximum atomic E-state index is 13.6. The minimum absolute atomic E-state index is 0.00314. The van der Waals surface area contributed by atoms with Crippen LogP contribution in [0.25, 0.3) is 0 Å².